The highest BCUT2D eigenvalue weighted by Crippen LogP contribution is 2.20. The molecular formula is C11H17NO5. The Hall–Kier alpha value is -1.59. The molecule has 0 spiro atoms. The lowest BCUT2D eigenvalue weighted by molar-refractivity contribution is -0.156. The van der Waals surface area contributed by atoms with Gasteiger partial charge in [0.15, 0.2) is 0 Å². The lowest BCUT2D eigenvalue weighted by Crippen LogP contribution is -2.47. The number of piperidine rings is 1. The van der Waals surface area contributed by atoms with Gasteiger partial charge in [0, 0.05) is 6.54 Å². The first-order chi connectivity index (χ1) is 8.11. The van der Waals surface area contributed by atoms with Gasteiger partial charge in [0.2, 0.25) is 5.91 Å². The quantitative estimate of drug-likeness (QED) is 0.545. The van der Waals surface area contributed by atoms with E-state index in [9.17, 15) is 14.4 Å². The summed E-state index contributed by atoms with van der Waals surface area (Å²) in [6.07, 6.45) is 0.327. The number of amides is 2. The summed E-state index contributed by atoms with van der Waals surface area (Å²) in [6, 6.07) is 0. The van der Waals surface area contributed by atoms with Crippen molar-refractivity contribution in [1.29, 1.82) is 0 Å². The largest absolute Gasteiger partial charge is 0.465 e. The number of carbonyl (C=O) groups is 3. The first-order valence-electron chi connectivity index (χ1n) is 5.76. The van der Waals surface area contributed by atoms with E-state index in [0.29, 0.717) is 19.4 Å². The van der Waals surface area contributed by atoms with Gasteiger partial charge in [0.25, 0.3) is 0 Å². The Morgan fingerprint density at radius 3 is 2.53 bits per heavy atom. The van der Waals surface area contributed by atoms with Crippen LogP contribution in [0.2, 0.25) is 0 Å². The molecule has 2 amide bonds. The second-order valence-corrected chi connectivity index (χ2v) is 3.64. The van der Waals surface area contributed by atoms with Gasteiger partial charge in [0.05, 0.1) is 13.2 Å². The highest BCUT2D eigenvalue weighted by molar-refractivity contribution is 6.04. The van der Waals surface area contributed by atoms with Crippen molar-refractivity contribution in [2.45, 2.75) is 26.7 Å². The number of hydrogen-bond donors (Lipinski definition) is 0. The molecule has 0 aromatic carbocycles. The Bertz CT molecular complexity index is 287. The third-order valence-corrected chi connectivity index (χ3v) is 2.50. The summed E-state index contributed by atoms with van der Waals surface area (Å²) < 4.78 is 9.56. The molecule has 1 aliphatic rings. The lowest BCUT2D eigenvalue weighted by Gasteiger charge is -2.28. The normalized spacial score (nSPS) is 20.0. The van der Waals surface area contributed by atoms with Crippen LogP contribution in [0.1, 0.15) is 26.7 Å². The molecule has 96 valence electrons. The smallest absolute Gasteiger partial charge is 0.416 e. The summed E-state index contributed by atoms with van der Waals surface area (Å²) in [6.45, 7) is 4.06. The van der Waals surface area contributed by atoms with E-state index in [-0.39, 0.29) is 13.2 Å². The van der Waals surface area contributed by atoms with Gasteiger partial charge in [0.1, 0.15) is 5.92 Å². The van der Waals surface area contributed by atoms with Gasteiger partial charge in [-0.3, -0.25) is 9.59 Å². The van der Waals surface area contributed by atoms with Crippen LogP contribution in [0.15, 0.2) is 0 Å². The van der Waals surface area contributed by atoms with Crippen molar-refractivity contribution < 1.29 is 23.9 Å². The monoisotopic (exact) mass is 243 g/mol. The zero-order valence-corrected chi connectivity index (χ0v) is 10.1. The second-order valence-electron chi connectivity index (χ2n) is 3.64. The molecule has 1 unspecified atom stereocenters. The number of nitrogens with zero attached hydrogens (tertiary/aromatic N) is 1. The van der Waals surface area contributed by atoms with E-state index in [1.165, 1.54) is 0 Å². The maximum Gasteiger partial charge on any atom is 0.416 e. The van der Waals surface area contributed by atoms with Crippen LogP contribution in [0.3, 0.4) is 0 Å². The first kappa shape index (κ1) is 13.5. The van der Waals surface area contributed by atoms with E-state index in [1.54, 1.807) is 13.8 Å². The fraction of sp³-hybridized carbons (Fsp3) is 0.727. The van der Waals surface area contributed by atoms with Crippen molar-refractivity contribution in [2.24, 2.45) is 5.92 Å². The highest BCUT2D eigenvalue weighted by Gasteiger charge is 2.38. The van der Waals surface area contributed by atoms with Gasteiger partial charge < -0.3 is 9.47 Å². The molecule has 0 N–H and O–H groups in total. The lowest BCUT2D eigenvalue weighted by atomic mass is 9.97. The zero-order chi connectivity index (χ0) is 12.8. The predicted octanol–water partition coefficient (Wildman–Crippen LogP) is 0.945. The summed E-state index contributed by atoms with van der Waals surface area (Å²) in [7, 11) is 0. The number of hydrogen-bond acceptors (Lipinski definition) is 5. The van der Waals surface area contributed by atoms with Crippen molar-refractivity contribution in [3.8, 4) is 0 Å². The molecule has 1 atom stereocenters. The van der Waals surface area contributed by atoms with E-state index in [1.807, 2.05) is 0 Å². The molecule has 6 heteroatoms. The molecule has 0 radical (unpaired) electrons. The fourth-order valence-corrected chi connectivity index (χ4v) is 1.72. The van der Waals surface area contributed by atoms with Crippen LogP contribution >= 0.6 is 0 Å². The average molecular weight is 243 g/mol. The van der Waals surface area contributed by atoms with Gasteiger partial charge in [-0.1, -0.05) is 0 Å². The maximum atomic E-state index is 11.9. The minimum atomic E-state index is -0.867. The molecule has 1 fully saturated rings. The van der Waals surface area contributed by atoms with Gasteiger partial charge >= 0.3 is 12.1 Å². The second kappa shape index (κ2) is 6.22. The predicted molar refractivity (Wildman–Crippen MR) is 58.1 cm³/mol. The average Bonchev–Trinajstić information content (AvgIpc) is 2.29. The molecular weight excluding hydrogens is 226 g/mol. The number of esters is 1. The topological polar surface area (TPSA) is 72.9 Å². The number of imide groups is 1. The Kier molecular flexibility index (Phi) is 4.93. The minimum absolute atomic E-state index is 0.201. The third kappa shape index (κ3) is 3.18. The van der Waals surface area contributed by atoms with Crippen LogP contribution in [-0.4, -0.2) is 42.6 Å². The molecule has 0 saturated carbocycles. The Morgan fingerprint density at radius 1 is 1.29 bits per heavy atom. The van der Waals surface area contributed by atoms with E-state index in [2.05, 4.69) is 0 Å². The first-order valence-corrected chi connectivity index (χ1v) is 5.76. The molecule has 1 saturated heterocycles. The van der Waals surface area contributed by atoms with Crippen LogP contribution in [0.5, 0.6) is 0 Å². The summed E-state index contributed by atoms with van der Waals surface area (Å²) in [5.74, 6) is -1.95. The van der Waals surface area contributed by atoms with Crippen molar-refractivity contribution in [3.63, 3.8) is 0 Å². The molecule has 17 heavy (non-hydrogen) atoms. The Balaban J connectivity index is 2.68. The summed E-state index contributed by atoms with van der Waals surface area (Å²) in [4.78, 5) is 35.8. The number of carbonyl (C=O) groups excluding carboxylic acids is 3. The van der Waals surface area contributed by atoms with Crippen LogP contribution < -0.4 is 0 Å². The molecule has 1 rings (SSSR count). The fourth-order valence-electron chi connectivity index (χ4n) is 1.72. The molecule has 0 aliphatic carbocycles. The number of likely N-dealkylation sites (tertiary alicyclic amines) is 1. The molecule has 0 bridgehead atoms. The maximum absolute atomic E-state index is 11.9. The van der Waals surface area contributed by atoms with E-state index in [4.69, 9.17) is 9.47 Å². The SMILES string of the molecule is CCOC(=O)C1CCCN(C(=O)OCC)C1=O. The summed E-state index contributed by atoms with van der Waals surface area (Å²) in [5.41, 5.74) is 0. The van der Waals surface area contributed by atoms with E-state index in [0.717, 1.165) is 4.90 Å². The van der Waals surface area contributed by atoms with Gasteiger partial charge in [-0.2, -0.15) is 0 Å². The van der Waals surface area contributed by atoms with E-state index < -0.39 is 23.9 Å². The van der Waals surface area contributed by atoms with Crippen molar-refractivity contribution in [3.05, 3.63) is 0 Å². The number of ether oxygens (including phenoxy) is 2. The van der Waals surface area contributed by atoms with Crippen molar-refractivity contribution in [1.82, 2.24) is 4.90 Å². The van der Waals surface area contributed by atoms with Crippen LogP contribution in [-0.2, 0) is 19.1 Å². The van der Waals surface area contributed by atoms with Gasteiger partial charge in [-0.25, -0.2) is 9.69 Å². The standard InChI is InChI=1S/C11H17NO5/c1-3-16-10(14)8-6-5-7-12(9(8)13)11(15)17-4-2/h8H,3-7H2,1-2H3. The summed E-state index contributed by atoms with van der Waals surface area (Å²) >= 11 is 0. The molecule has 0 aromatic rings. The molecule has 1 heterocycles. The summed E-state index contributed by atoms with van der Waals surface area (Å²) in [5, 5.41) is 0. The Morgan fingerprint density at radius 2 is 1.94 bits per heavy atom. The third-order valence-electron chi connectivity index (χ3n) is 2.50. The van der Waals surface area contributed by atoms with E-state index >= 15 is 0 Å². The van der Waals surface area contributed by atoms with Crippen molar-refractivity contribution in [2.75, 3.05) is 19.8 Å². The minimum Gasteiger partial charge on any atom is -0.465 e. The molecule has 1 aliphatic heterocycles. The molecule has 0 aromatic heterocycles. The highest BCUT2D eigenvalue weighted by atomic mass is 16.6. The zero-order valence-electron chi connectivity index (χ0n) is 10.1. The van der Waals surface area contributed by atoms with Gasteiger partial charge in [-0.15, -0.1) is 0 Å². The van der Waals surface area contributed by atoms with Gasteiger partial charge in [-0.05, 0) is 26.7 Å². The van der Waals surface area contributed by atoms with Crippen LogP contribution in [0, 0.1) is 5.92 Å². The Labute approximate surface area is 99.9 Å². The number of rotatable bonds is 3. The van der Waals surface area contributed by atoms with Crippen LogP contribution in [0.25, 0.3) is 0 Å². The van der Waals surface area contributed by atoms with Crippen LogP contribution in [0.4, 0.5) is 4.79 Å². The molecule has 6 nitrogen and oxygen atoms in total. The van der Waals surface area contributed by atoms with Crippen molar-refractivity contribution >= 4 is 18.0 Å².